The molecule has 0 aromatic carbocycles. The molecule has 0 rings (SSSR count). The molecule has 0 amide bonds. The Labute approximate surface area is 57.7 Å². The van der Waals surface area contributed by atoms with Gasteiger partial charge in [-0.05, 0) is 6.29 Å². The van der Waals surface area contributed by atoms with E-state index in [0.29, 0.717) is 22.5 Å². The van der Waals surface area contributed by atoms with Crippen molar-refractivity contribution in [3.05, 3.63) is 6.92 Å². The predicted molar refractivity (Wildman–Crippen MR) is 34.9 cm³/mol. The van der Waals surface area contributed by atoms with Gasteiger partial charge in [0.2, 0.25) is 0 Å². The molecule has 51 valence electrons. The first-order valence-electron chi connectivity index (χ1n) is 2.18. The second-order valence-electron chi connectivity index (χ2n) is 0.663. The van der Waals surface area contributed by atoms with E-state index in [-0.39, 0.29) is 0 Å². The van der Waals surface area contributed by atoms with Crippen LogP contribution in [0.1, 0.15) is 13.8 Å². The average Bonchev–Trinajstić information content (AvgIpc) is 1.71. The maximum absolute atomic E-state index is 8.69. The van der Waals surface area contributed by atoms with E-state index in [4.69, 9.17) is 4.79 Å². The van der Waals surface area contributed by atoms with E-state index in [2.05, 4.69) is 30.0 Å². The molecule has 0 aromatic rings. The molecular weight excluding hydrogens is 191 g/mol. The van der Waals surface area contributed by atoms with Gasteiger partial charge in [-0.1, -0.05) is 0 Å². The Morgan fingerprint density at radius 1 is 1.38 bits per heavy atom. The summed E-state index contributed by atoms with van der Waals surface area (Å²) in [5.41, 5.74) is 0. The van der Waals surface area contributed by atoms with E-state index in [1.54, 1.807) is 0 Å². The molecule has 0 saturated heterocycles. The SMILES string of the molecule is C[CH]=[Rh]=[CH]C.[CH2-]C=O. The molecule has 1 nitrogen and oxygen atoms in total. The second-order valence-corrected chi connectivity index (χ2v) is 3.10. The fourth-order valence-corrected chi connectivity index (χ4v) is 0.657. The minimum absolute atomic E-state index is 0.500. The van der Waals surface area contributed by atoms with Crippen molar-refractivity contribution in [3.8, 4) is 0 Å². The van der Waals surface area contributed by atoms with Crippen LogP contribution in [0.25, 0.3) is 0 Å². The number of carbonyl (C=O) groups is 1. The summed E-state index contributed by atoms with van der Waals surface area (Å²) in [5, 5.41) is 0. The Kier molecular flexibility index (Phi) is 21.3. The third-order valence-electron chi connectivity index (χ3n) is 0.222. The maximum atomic E-state index is 8.69. The Bertz CT molecular complexity index is 84.7. The van der Waals surface area contributed by atoms with Crippen LogP contribution in [-0.4, -0.2) is 15.5 Å². The standard InChI is InChI=1S/C2H3O.2C2H4.Rh/c1-2-3;2*1-2;/h2H,1H2;2*1H,2H3;/q-1;;;. The summed E-state index contributed by atoms with van der Waals surface area (Å²) in [7, 11) is 0. The molecule has 0 saturated carbocycles. The summed E-state index contributed by atoms with van der Waals surface area (Å²) in [5.74, 6) is 0. The quantitative estimate of drug-likeness (QED) is 0.321. The molecule has 0 N–H and O–H groups in total. The largest absolute Gasteiger partial charge is 0.343 e. The molecule has 0 atom stereocenters. The van der Waals surface area contributed by atoms with Crippen molar-refractivity contribution in [2.24, 2.45) is 0 Å². The average molecular weight is 202 g/mol. The monoisotopic (exact) mass is 202 g/mol. The van der Waals surface area contributed by atoms with Crippen LogP contribution in [0.5, 0.6) is 0 Å². The van der Waals surface area contributed by atoms with Crippen molar-refractivity contribution >= 4 is 15.5 Å². The van der Waals surface area contributed by atoms with Gasteiger partial charge in [-0.3, -0.25) is 0 Å². The number of hydrogen-bond acceptors (Lipinski definition) is 1. The molecule has 0 aliphatic heterocycles. The van der Waals surface area contributed by atoms with Gasteiger partial charge in [0.25, 0.3) is 0 Å². The number of carbonyl (C=O) groups excluding carboxylic acids is 1. The Hall–Kier alpha value is -0.0966. The summed E-state index contributed by atoms with van der Waals surface area (Å²) in [6.07, 6.45) is 0.500. The number of aldehydes is 1. The molecule has 0 aliphatic carbocycles. The van der Waals surface area contributed by atoms with Crippen LogP contribution in [0.15, 0.2) is 0 Å². The molecule has 0 spiro atoms. The molecule has 0 aliphatic rings. The van der Waals surface area contributed by atoms with Gasteiger partial charge < -0.3 is 11.7 Å². The van der Waals surface area contributed by atoms with Crippen LogP contribution in [-0.2, 0) is 21.0 Å². The Morgan fingerprint density at radius 2 is 1.62 bits per heavy atom. The van der Waals surface area contributed by atoms with Crippen LogP contribution >= 0.6 is 0 Å². The number of hydrogen-bond donors (Lipinski definition) is 0. The third kappa shape index (κ3) is 39.2. The summed E-state index contributed by atoms with van der Waals surface area (Å²) < 4.78 is 4.39. The Morgan fingerprint density at radius 3 is 1.62 bits per heavy atom. The van der Waals surface area contributed by atoms with E-state index < -0.39 is 0 Å². The summed E-state index contributed by atoms with van der Waals surface area (Å²) in [6, 6.07) is 0. The van der Waals surface area contributed by atoms with Crippen molar-refractivity contribution in [3.63, 3.8) is 0 Å². The zero-order chi connectivity index (χ0) is 6.83. The summed E-state index contributed by atoms with van der Waals surface area (Å²) in [4.78, 5) is 8.69. The van der Waals surface area contributed by atoms with Crippen molar-refractivity contribution < 1.29 is 21.0 Å². The molecule has 2 heteroatoms. The first-order chi connectivity index (χ1) is 3.83. The smallest absolute Gasteiger partial charge is 0.0180 e. The Balaban J connectivity index is 0. The molecule has 8 heavy (non-hydrogen) atoms. The molecule has 0 bridgehead atoms. The van der Waals surface area contributed by atoms with Crippen LogP contribution in [0.3, 0.4) is 0 Å². The van der Waals surface area contributed by atoms with Crippen LogP contribution < -0.4 is 0 Å². The van der Waals surface area contributed by atoms with E-state index in [1.165, 1.54) is 0 Å². The normalized spacial score (nSPS) is 5.75. The van der Waals surface area contributed by atoms with Crippen LogP contribution in [0.2, 0.25) is 0 Å². The van der Waals surface area contributed by atoms with Crippen molar-refractivity contribution in [1.82, 2.24) is 0 Å². The van der Waals surface area contributed by atoms with Gasteiger partial charge in [0.15, 0.2) is 0 Å². The van der Waals surface area contributed by atoms with Gasteiger partial charge in [-0.25, -0.2) is 0 Å². The van der Waals surface area contributed by atoms with Gasteiger partial charge in [-0.2, -0.15) is 0 Å². The van der Waals surface area contributed by atoms with Gasteiger partial charge in [0, 0.05) is 0 Å². The maximum Gasteiger partial charge on any atom is -0.0180 e. The first-order valence-corrected chi connectivity index (χ1v) is 4.08. The minimum atomic E-state index is 0.500. The van der Waals surface area contributed by atoms with Gasteiger partial charge in [-0.15, -0.1) is 0 Å². The van der Waals surface area contributed by atoms with Crippen molar-refractivity contribution in [1.29, 1.82) is 0 Å². The molecule has 0 radical (unpaired) electrons. The van der Waals surface area contributed by atoms with Gasteiger partial charge in [0.1, 0.15) is 0 Å². The topological polar surface area (TPSA) is 17.1 Å². The molecule has 0 fully saturated rings. The van der Waals surface area contributed by atoms with Crippen molar-refractivity contribution in [2.45, 2.75) is 13.8 Å². The van der Waals surface area contributed by atoms with E-state index in [9.17, 15) is 0 Å². The van der Waals surface area contributed by atoms with E-state index in [1.807, 2.05) is 0 Å². The summed E-state index contributed by atoms with van der Waals surface area (Å²) in [6.45, 7) is 6.98. The third-order valence-corrected chi connectivity index (χ3v) is 1.31. The second kappa shape index (κ2) is 15.8. The van der Waals surface area contributed by atoms with Crippen molar-refractivity contribution in [2.75, 3.05) is 0 Å². The fourth-order valence-electron chi connectivity index (χ4n) is 0.111. The molecular formula is C6H11ORh-. The van der Waals surface area contributed by atoms with Crippen LogP contribution in [0.4, 0.5) is 0 Å². The zero-order valence-corrected chi connectivity index (χ0v) is 6.82. The predicted octanol–water partition coefficient (Wildman–Crippen LogP) is 0.732. The number of rotatable bonds is 0. The zero-order valence-electron chi connectivity index (χ0n) is 5.18. The summed E-state index contributed by atoms with van der Waals surface area (Å²) >= 11 is 0.657. The molecule has 0 unspecified atom stereocenters. The van der Waals surface area contributed by atoms with E-state index >= 15 is 0 Å². The molecule has 0 heterocycles. The first kappa shape index (κ1) is 10.8. The van der Waals surface area contributed by atoms with E-state index in [0.717, 1.165) is 0 Å². The van der Waals surface area contributed by atoms with Gasteiger partial charge in [0.05, 0.1) is 0 Å². The van der Waals surface area contributed by atoms with Gasteiger partial charge >= 0.3 is 39.3 Å². The minimum Gasteiger partial charge on any atom is -0.343 e. The van der Waals surface area contributed by atoms with Crippen LogP contribution in [0, 0.1) is 6.92 Å². The fraction of sp³-hybridized carbons (Fsp3) is 0.333. The molecule has 0 aromatic heterocycles.